The second kappa shape index (κ2) is 8.21. The second-order valence-electron chi connectivity index (χ2n) is 5.88. The number of carbonyl (C=O) groups is 1. The van der Waals surface area contributed by atoms with Crippen LogP contribution < -0.4 is 10.0 Å². The van der Waals surface area contributed by atoms with E-state index in [0.29, 0.717) is 5.56 Å². The van der Waals surface area contributed by atoms with E-state index in [1.165, 1.54) is 53.2 Å². The van der Waals surface area contributed by atoms with Crippen LogP contribution in [0, 0.1) is 0 Å². The van der Waals surface area contributed by atoms with Crippen LogP contribution in [0.4, 0.5) is 19.0 Å². The van der Waals surface area contributed by atoms with Crippen LogP contribution >= 0.6 is 11.3 Å². The Bertz CT molecular complexity index is 1080. The minimum absolute atomic E-state index is 0.0302. The van der Waals surface area contributed by atoms with Crippen LogP contribution in [-0.2, 0) is 22.7 Å². The van der Waals surface area contributed by atoms with Crippen molar-refractivity contribution in [3.8, 4) is 0 Å². The highest BCUT2D eigenvalue weighted by atomic mass is 32.2. The number of hydrogen-bond donors (Lipinski definition) is 2. The van der Waals surface area contributed by atoms with Gasteiger partial charge in [0.25, 0.3) is 15.9 Å². The van der Waals surface area contributed by atoms with E-state index >= 15 is 0 Å². The Morgan fingerprint density at radius 3 is 2.24 bits per heavy atom. The third kappa shape index (κ3) is 5.33. The first-order valence-electron chi connectivity index (χ1n) is 8.10. The number of carbonyl (C=O) groups excluding carboxylic acids is 1. The number of anilines is 1. The lowest BCUT2D eigenvalue weighted by Crippen LogP contribution is -2.23. The molecule has 29 heavy (non-hydrogen) atoms. The lowest BCUT2D eigenvalue weighted by molar-refractivity contribution is -0.137. The van der Waals surface area contributed by atoms with Crippen molar-refractivity contribution in [2.24, 2.45) is 0 Å². The van der Waals surface area contributed by atoms with Crippen molar-refractivity contribution in [3.05, 3.63) is 76.1 Å². The van der Waals surface area contributed by atoms with Gasteiger partial charge in [-0.15, -0.1) is 11.3 Å². The van der Waals surface area contributed by atoms with Gasteiger partial charge in [0.05, 0.1) is 16.0 Å². The van der Waals surface area contributed by atoms with E-state index in [2.05, 4.69) is 15.0 Å². The van der Waals surface area contributed by atoms with E-state index < -0.39 is 27.7 Å². The number of amides is 1. The van der Waals surface area contributed by atoms with Crippen molar-refractivity contribution < 1.29 is 26.4 Å². The molecule has 3 aromatic rings. The predicted molar refractivity (Wildman–Crippen MR) is 102 cm³/mol. The van der Waals surface area contributed by atoms with Gasteiger partial charge in [-0.2, -0.15) is 13.2 Å². The third-order valence-corrected chi connectivity index (χ3v) is 5.79. The molecule has 0 saturated carbocycles. The summed E-state index contributed by atoms with van der Waals surface area (Å²) in [6, 6.07) is 9.69. The molecule has 2 aromatic carbocycles. The molecule has 0 unspecified atom stereocenters. The Kier molecular flexibility index (Phi) is 5.89. The fraction of sp³-hybridized carbons (Fsp3) is 0.111. The SMILES string of the molecule is O=C(NCc1ccc(C(F)(F)F)cc1)c1ccc(S(=O)(=O)Nc2cscn2)cc1. The number of nitrogens with one attached hydrogen (secondary N) is 2. The predicted octanol–water partition coefficient (Wildman–Crippen LogP) is 3.89. The monoisotopic (exact) mass is 441 g/mol. The Morgan fingerprint density at radius 1 is 1.03 bits per heavy atom. The van der Waals surface area contributed by atoms with Crippen molar-refractivity contribution in [3.63, 3.8) is 0 Å². The largest absolute Gasteiger partial charge is 0.416 e. The molecule has 0 atom stereocenters. The van der Waals surface area contributed by atoms with Crippen LogP contribution in [-0.4, -0.2) is 19.3 Å². The van der Waals surface area contributed by atoms with Gasteiger partial charge in [-0.3, -0.25) is 9.52 Å². The summed E-state index contributed by atoms with van der Waals surface area (Å²) in [7, 11) is -3.83. The van der Waals surface area contributed by atoms with Crippen molar-refractivity contribution in [1.82, 2.24) is 10.3 Å². The van der Waals surface area contributed by atoms with Crippen molar-refractivity contribution in [1.29, 1.82) is 0 Å². The molecule has 152 valence electrons. The van der Waals surface area contributed by atoms with Gasteiger partial charge in [0, 0.05) is 17.5 Å². The summed E-state index contributed by atoms with van der Waals surface area (Å²) in [4.78, 5) is 16.0. The molecule has 6 nitrogen and oxygen atoms in total. The Hall–Kier alpha value is -2.92. The van der Waals surface area contributed by atoms with E-state index in [9.17, 15) is 26.4 Å². The molecule has 0 aliphatic rings. The first-order valence-corrected chi connectivity index (χ1v) is 10.5. The van der Waals surface area contributed by atoms with Gasteiger partial charge >= 0.3 is 6.18 Å². The van der Waals surface area contributed by atoms with E-state index in [0.717, 1.165) is 12.1 Å². The number of thiazole rings is 1. The molecule has 0 saturated heterocycles. The maximum atomic E-state index is 12.6. The molecule has 0 aliphatic heterocycles. The summed E-state index contributed by atoms with van der Waals surface area (Å²) in [6.07, 6.45) is -4.42. The Morgan fingerprint density at radius 2 is 1.69 bits per heavy atom. The molecule has 2 N–H and O–H groups in total. The molecule has 0 bridgehead atoms. The van der Waals surface area contributed by atoms with Crippen molar-refractivity contribution in [2.75, 3.05) is 4.72 Å². The summed E-state index contributed by atoms with van der Waals surface area (Å²) in [5.41, 5.74) is 1.43. The zero-order valence-corrected chi connectivity index (χ0v) is 16.2. The molecular weight excluding hydrogens is 427 g/mol. The van der Waals surface area contributed by atoms with Crippen LogP contribution in [0.25, 0.3) is 0 Å². The van der Waals surface area contributed by atoms with Crippen molar-refractivity contribution in [2.45, 2.75) is 17.6 Å². The van der Waals surface area contributed by atoms with E-state index in [-0.39, 0.29) is 22.8 Å². The first kappa shape index (κ1) is 20.8. The number of nitrogens with zero attached hydrogens (tertiary/aromatic N) is 1. The highest BCUT2D eigenvalue weighted by Crippen LogP contribution is 2.29. The minimum atomic E-state index is -4.42. The maximum absolute atomic E-state index is 12.6. The topological polar surface area (TPSA) is 88.2 Å². The van der Waals surface area contributed by atoms with E-state index in [1.54, 1.807) is 5.38 Å². The number of halogens is 3. The zero-order chi connectivity index (χ0) is 21.1. The minimum Gasteiger partial charge on any atom is -0.348 e. The smallest absolute Gasteiger partial charge is 0.348 e. The molecule has 0 aliphatic carbocycles. The van der Waals surface area contributed by atoms with Crippen LogP contribution in [0.1, 0.15) is 21.5 Å². The first-order chi connectivity index (χ1) is 13.6. The van der Waals surface area contributed by atoms with Gasteiger partial charge < -0.3 is 5.32 Å². The summed E-state index contributed by atoms with van der Waals surface area (Å²) in [5.74, 6) is -0.283. The lowest BCUT2D eigenvalue weighted by Gasteiger charge is -2.09. The second-order valence-corrected chi connectivity index (χ2v) is 8.28. The molecule has 3 rings (SSSR count). The fourth-order valence-corrected chi connectivity index (χ4v) is 3.90. The number of alkyl halides is 3. The van der Waals surface area contributed by atoms with Crippen LogP contribution in [0.2, 0.25) is 0 Å². The van der Waals surface area contributed by atoms with Gasteiger partial charge in [-0.25, -0.2) is 13.4 Å². The molecule has 0 radical (unpaired) electrons. The van der Waals surface area contributed by atoms with Crippen molar-refractivity contribution >= 4 is 33.1 Å². The molecule has 1 heterocycles. The third-order valence-electron chi connectivity index (χ3n) is 3.83. The highest BCUT2D eigenvalue weighted by Gasteiger charge is 2.29. The maximum Gasteiger partial charge on any atom is 0.416 e. The molecule has 0 fully saturated rings. The summed E-state index contributed by atoms with van der Waals surface area (Å²) < 4.78 is 64.5. The fourth-order valence-electron chi connectivity index (χ4n) is 2.34. The average molecular weight is 441 g/mol. The quantitative estimate of drug-likeness (QED) is 0.608. The zero-order valence-electron chi connectivity index (χ0n) is 14.6. The van der Waals surface area contributed by atoms with Gasteiger partial charge in [-0.1, -0.05) is 12.1 Å². The van der Waals surface area contributed by atoms with Crippen LogP contribution in [0.3, 0.4) is 0 Å². The number of sulfonamides is 1. The van der Waals surface area contributed by atoms with E-state index in [4.69, 9.17) is 0 Å². The number of hydrogen-bond acceptors (Lipinski definition) is 5. The van der Waals surface area contributed by atoms with Gasteiger partial charge in [0.15, 0.2) is 5.82 Å². The molecule has 1 aromatic heterocycles. The van der Waals surface area contributed by atoms with E-state index in [1.807, 2.05) is 0 Å². The lowest BCUT2D eigenvalue weighted by atomic mass is 10.1. The van der Waals surface area contributed by atoms with Gasteiger partial charge in [0.1, 0.15) is 0 Å². The molecule has 1 amide bonds. The van der Waals surface area contributed by atoms with Crippen LogP contribution in [0.15, 0.2) is 64.3 Å². The Labute approximate surface area is 168 Å². The molecule has 11 heteroatoms. The number of benzene rings is 2. The highest BCUT2D eigenvalue weighted by molar-refractivity contribution is 7.92. The number of rotatable bonds is 6. The number of aromatic nitrogens is 1. The standard InChI is InChI=1S/C18H14F3N3O3S2/c19-18(20,21)14-5-1-12(2-6-14)9-22-17(25)13-3-7-15(8-4-13)29(26,27)24-16-10-28-11-23-16/h1-8,10-11,24H,9H2,(H,22,25). The summed E-state index contributed by atoms with van der Waals surface area (Å²) >= 11 is 1.24. The molecule has 0 spiro atoms. The van der Waals surface area contributed by atoms with Gasteiger partial charge in [-0.05, 0) is 42.0 Å². The van der Waals surface area contributed by atoms with Gasteiger partial charge in [0.2, 0.25) is 0 Å². The summed E-state index contributed by atoms with van der Waals surface area (Å²) in [5, 5.41) is 4.12. The average Bonchev–Trinajstić information content (AvgIpc) is 3.18. The normalized spacial score (nSPS) is 11.8. The van der Waals surface area contributed by atoms with Crippen LogP contribution in [0.5, 0.6) is 0 Å². The Balaban J connectivity index is 1.62. The summed E-state index contributed by atoms with van der Waals surface area (Å²) in [6.45, 7) is 0.0302. The molecular formula is C18H14F3N3O3S2.